The summed E-state index contributed by atoms with van der Waals surface area (Å²) in [6.07, 6.45) is 4.32. The minimum atomic E-state index is -1.05. The molecule has 1 radical (unpaired) electrons. The van der Waals surface area contributed by atoms with Gasteiger partial charge in [-0.2, -0.15) is 0 Å². The number of carboxylic acid groups (broad SMARTS) is 1. The number of nitrogens with zero attached hydrogens (tertiary/aromatic N) is 1. The summed E-state index contributed by atoms with van der Waals surface area (Å²) in [4.78, 5) is 14.9. The fourth-order valence-corrected chi connectivity index (χ4v) is 2.05. The average Bonchev–Trinajstić information content (AvgIpc) is 2.83. The number of carbonyl (C=O) groups is 1. The molecule has 0 amide bonds. The normalized spacial score (nSPS) is 10.2. The maximum absolute atomic E-state index is 10.8. The van der Waals surface area contributed by atoms with Crippen LogP contribution in [-0.2, 0) is 6.42 Å². The topological polar surface area (TPSA) is 63.3 Å². The van der Waals surface area contributed by atoms with Crippen LogP contribution in [0.5, 0.6) is 0 Å². The van der Waals surface area contributed by atoms with E-state index in [2.05, 4.69) is 4.98 Å². The fourth-order valence-electron chi connectivity index (χ4n) is 2.05. The first-order chi connectivity index (χ1) is 9.22. The molecule has 0 aliphatic heterocycles. The number of furan rings is 1. The predicted molar refractivity (Wildman–Crippen MR) is 76.0 cm³/mol. The predicted octanol–water partition coefficient (Wildman–Crippen LogP) is 2.74. The van der Waals surface area contributed by atoms with Gasteiger partial charge < -0.3 is 9.52 Å². The molecule has 0 aliphatic carbocycles. The van der Waals surface area contributed by atoms with Crippen LogP contribution in [0.4, 0.5) is 0 Å². The molecule has 0 unspecified atom stereocenters. The number of rotatable bonds is 3. The molecule has 1 aromatic carbocycles. The van der Waals surface area contributed by atoms with Crippen molar-refractivity contribution in [2.45, 2.75) is 6.42 Å². The van der Waals surface area contributed by atoms with E-state index in [1.807, 2.05) is 30.5 Å². The summed E-state index contributed by atoms with van der Waals surface area (Å²) in [5.74, 6) is -1.08. The molecule has 0 bridgehead atoms. The van der Waals surface area contributed by atoms with Gasteiger partial charge in [0.05, 0.1) is 0 Å². The molecule has 3 aromatic rings. The smallest absolute Gasteiger partial charge is 0.371 e. The van der Waals surface area contributed by atoms with E-state index in [0.717, 1.165) is 22.9 Å². The van der Waals surface area contributed by atoms with Crippen LogP contribution in [0.25, 0.3) is 11.0 Å². The van der Waals surface area contributed by atoms with Crippen molar-refractivity contribution in [1.29, 1.82) is 0 Å². The molecule has 1 N–H and O–H groups in total. The molecule has 3 rings (SSSR count). The minimum Gasteiger partial charge on any atom is -0.475 e. The summed E-state index contributed by atoms with van der Waals surface area (Å²) in [5.41, 5.74) is 2.80. The van der Waals surface area contributed by atoms with Gasteiger partial charge in [0, 0.05) is 47.3 Å². The van der Waals surface area contributed by atoms with Crippen LogP contribution in [0.2, 0.25) is 0 Å². The van der Waals surface area contributed by atoms with E-state index in [9.17, 15) is 4.79 Å². The molecule has 95 valence electrons. The zero-order valence-electron chi connectivity index (χ0n) is 11.0. The molecule has 5 heteroatoms. The van der Waals surface area contributed by atoms with E-state index in [4.69, 9.17) is 9.52 Å². The Bertz CT molecular complexity index is 737. The van der Waals surface area contributed by atoms with Gasteiger partial charge in [0.15, 0.2) is 0 Å². The van der Waals surface area contributed by atoms with E-state index in [1.165, 1.54) is 0 Å². The number of fused-ring (bicyclic) bond motifs is 1. The number of pyridine rings is 1. The van der Waals surface area contributed by atoms with Crippen molar-refractivity contribution in [3.8, 4) is 0 Å². The van der Waals surface area contributed by atoms with Gasteiger partial charge >= 0.3 is 5.97 Å². The van der Waals surface area contributed by atoms with Crippen molar-refractivity contribution in [3.63, 3.8) is 0 Å². The summed E-state index contributed by atoms with van der Waals surface area (Å²) in [7, 11) is 0. The summed E-state index contributed by atoms with van der Waals surface area (Å²) in [6.45, 7) is 0. The average molecular weight is 276 g/mol. The van der Waals surface area contributed by atoms with Crippen LogP contribution in [0, 0.1) is 0 Å². The van der Waals surface area contributed by atoms with Crippen molar-refractivity contribution < 1.29 is 14.3 Å². The Kier molecular flexibility index (Phi) is 4.60. The Balaban J connectivity index is 0.00000147. The SMILES string of the molecule is O=C(O)c1cc2cc(Cc3cccnc3)ccc2o1.[Na]. The molecular weight excluding hydrogens is 265 g/mol. The summed E-state index contributed by atoms with van der Waals surface area (Å²) < 4.78 is 5.22. The molecular formula is C15H11NNaO3. The zero-order chi connectivity index (χ0) is 13.2. The van der Waals surface area contributed by atoms with Gasteiger partial charge in [-0.05, 0) is 41.8 Å². The first-order valence-corrected chi connectivity index (χ1v) is 5.87. The van der Waals surface area contributed by atoms with Gasteiger partial charge in [0.2, 0.25) is 5.76 Å². The van der Waals surface area contributed by atoms with Gasteiger partial charge in [-0.1, -0.05) is 12.1 Å². The van der Waals surface area contributed by atoms with E-state index in [0.29, 0.717) is 5.58 Å². The summed E-state index contributed by atoms with van der Waals surface area (Å²) in [6, 6.07) is 11.1. The number of carboxylic acids is 1. The first kappa shape index (κ1) is 14.8. The van der Waals surface area contributed by atoms with Crippen molar-refractivity contribution in [2.75, 3.05) is 0 Å². The Morgan fingerprint density at radius 3 is 2.75 bits per heavy atom. The molecule has 0 saturated carbocycles. The van der Waals surface area contributed by atoms with E-state index in [1.54, 1.807) is 18.3 Å². The van der Waals surface area contributed by atoms with Crippen LogP contribution in [0.15, 0.2) is 53.2 Å². The van der Waals surface area contributed by atoms with E-state index < -0.39 is 5.97 Å². The first-order valence-electron chi connectivity index (χ1n) is 5.87. The van der Waals surface area contributed by atoms with Crippen molar-refractivity contribution in [2.24, 2.45) is 0 Å². The molecule has 20 heavy (non-hydrogen) atoms. The molecule has 0 saturated heterocycles. The van der Waals surface area contributed by atoms with Gasteiger partial charge in [-0.15, -0.1) is 0 Å². The van der Waals surface area contributed by atoms with Gasteiger partial charge in [0.25, 0.3) is 0 Å². The van der Waals surface area contributed by atoms with E-state index in [-0.39, 0.29) is 35.3 Å². The zero-order valence-corrected chi connectivity index (χ0v) is 13.0. The Morgan fingerprint density at radius 1 is 1.20 bits per heavy atom. The summed E-state index contributed by atoms with van der Waals surface area (Å²) in [5, 5.41) is 9.69. The van der Waals surface area contributed by atoms with Crippen molar-refractivity contribution in [3.05, 3.63) is 65.7 Å². The van der Waals surface area contributed by atoms with Gasteiger partial charge in [-0.25, -0.2) is 4.79 Å². The van der Waals surface area contributed by atoms with E-state index >= 15 is 0 Å². The Morgan fingerprint density at radius 2 is 2.05 bits per heavy atom. The third-order valence-corrected chi connectivity index (χ3v) is 2.92. The Hall–Kier alpha value is -1.62. The Labute approximate surface area is 137 Å². The maximum Gasteiger partial charge on any atom is 0.371 e. The fraction of sp³-hybridized carbons (Fsp3) is 0.0667. The van der Waals surface area contributed by atoms with Crippen LogP contribution in [0.1, 0.15) is 21.7 Å². The molecule has 0 atom stereocenters. The standard InChI is InChI=1S/C15H11NO3.Na/c17-15(18)14-8-12-7-10(3-4-13(12)19-14)6-11-2-1-5-16-9-11;/h1-5,7-9H,6H2,(H,17,18);. The number of hydrogen-bond acceptors (Lipinski definition) is 3. The summed E-state index contributed by atoms with van der Waals surface area (Å²) >= 11 is 0. The molecule has 0 spiro atoms. The molecule has 4 nitrogen and oxygen atoms in total. The number of aromatic carboxylic acids is 1. The van der Waals surface area contributed by atoms with Gasteiger partial charge in [0.1, 0.15) is 5.58 Å². The monoisotopic (exact) mass is 276 g/mol. The number of hydrogen-bond donors (Lipinski definition) is 1. The second kappa shape index (κ2) is 6.22. The number of aromatic nitrogens is 1. The molecule has 0 aliphatic rings. The van der Waals surface area contributed by atoms with Crippen molar-refractivity contribution >= 4 is 46.5 Å². The third kappa shape index (κ3) is 3.10. The van der Waals surface area contributed by atoms with Crippen LogP contribution in [-0.4, -0.2) is 45.6 Å². The third-order valence-electron chi connectivity index (χ3n) is 2.92. The number of benzene rings is 1. The van der Waals surface area contributed by atoms with Crippen molar-refractivity contribution in [1.82, 2.24) is 4.98 Å². The van der Waals surface area contributed by atoms with Gasteiger partial charge in [-0.3, -0.25) is 4.98 Å². The molecule has 2 aromatic heterocycles. The quantitative estimate of drug-likeness (QED) is 0.747. The van der Waals surface area contributed by atoms with Crippen LogP contribution < -0.4 is 0 Å². The maximum atomic E-state index is 10.8. The molecule has 0 fully saturated rings. The minimum absolute atomic E-state index is 0. The van der Waals surface area contributed by atoms with Crippen LogP contribution >= 0.6 is 0 Å². The second-order valence-electron chi connectivity index (χ2n) is 4.33. The second-order valence-corrected chi connectivity index (χ2v) is 4.33. The largest absolute Gasteiger partial charge is 0.475 e. The van der Waals surface area contributed by atoms with Crippen LogP contribution in [0.3, 0.4) is 0 Å². The molecule has 2 heterocycles.